The van der Waals surface area contributed by atoms with Gasteiger partial charge in [-0.05, 0) is 32.0 Å². The molecule has 0 saturated carbocycles. The number of halogens is 1. The maximum atomic E-state index is 13.1. The summed E-state index contributed by atoms with van der Waals surface area (Å²) in [4.78, 5) is 9.70. The summed E-state index contributed by atoms with van der Waals surface area (Å²) in [5.74, 6) is 2.00. The molecular formula is C14H16FN3S. The Morgan fingerprint density at radius 3 is 2.84 bits per heavy atom. The molecule has 0 amide bonds. The SMILES string of the molecule is CCNc1cc(C)nc(CSc2cccc(F)c2)n1. The van der Waals surface area contributed by atoms with Crippen molar-refractivity contribution in [3.05, 3.63) is 47.7 Å². The van der Waals surface area contributed by atoms with Gasteiger partial charge in [0, 0.05) is 23.2 Å². The van der Waals surface area contributed by atoms with E-state index < -0.39 is 0 Å². The van der Waals surface area contributed by atoms with Crippen LogP contribution in [0, 0.1) is 12.7 Å². The second kappa shape index (κ2) is 6.52. The monoisotopic (exact) mass is 277 g/mol. The third kappa shape index (κ3) is 4.21. The first kappa shape index (κ1) is 13.8. The Morgan fingerprint density at radius 2 is 2.11 bits per heavy atom. The van der Waals surface area contributed by atoms with Gasteiger partial charge in [-0.1, -0.05) is 6.07 Å². The summed E-state index contributed by atoms with van der Waals surface area (Å²) in [6.07, 6.45) is 0. The van der Waals surface area contributed by atoms with Gasteiger partial charge in [0.2, 0.25) is 0 Å². The molecule has 0 spiro atoms. The van der Waals surface area contributed by atoms with E-state index in [9.17, 15) is 4.39 Å². The van der Waals surface area contributed by atoms with Gasteiger partial charge in [0.25, 0.3) is 0 Å². The van der Waals surface area contributed by atoms with Crippen LogP contribution in [0.2, 0.25) is 0 Å². The van der Waals surface area contributed by atoms with Crippen molar-refractivity contribution >= 4 is 17.6 Å². The van der Waals surface area contributed by atoms with Crippen LogP contribution in [-0.4, -0.2) is 16.5 Å². The fourth-order valence-electron chi connectivity index (χ4n) is 1.67. The Bertz CT molecular complexity index is 560. The third-order valence-electron chi connectivity index (χ3n) is 2.42. The van der Waals surface area contributed by atoms with Gasteiger partial charge in [0.15, 0.2) is 0 Å². The number of nitrogens with zero attached hydrogens (tertiary/aromatic N) is 2. The fourth-order valence-corrected chi connectivity index (χ4v) is 2.47. The maximum Gasteiger partial charge on any atom is 0.141 e. The molecule has 0 saturated heterocycles. The number of anilines is 1. The summed E-state index contributed by atoms with van der Waals surface area (Å²) in [5, 5.41) is 3.18. The highest BCUT2D eigenvalue weighted by atomic mass is 32.2. The minimum absolute atomic E-state index is 0.219. The quantitative estimate of drug-likeness (QED) is 0.847. The first-order valence-electron chi connectivity index (χ1n) is 6.14. The number of aryl methyl sites for hydroxylation is 1. The number of hydrogen-bond donors (Lipinski definition) is 1. The van der Waals surface area contributed by atoms with Crippen LogP contribution in [-0.2, 0) is 5.75 Å². The third-order valence-corrected chi connectivity index (χ3v) is 3.41. The minimum atomic E-state index is -0.219. The van der Waals surface area contributed by atoms with Crippen LogP contribution in [0.3, 0.4) is 0 Å². The molecule has 0 radical (unpaired) electrons. The molecule has 0 unspecified atom stereocenters. The van der Waals surface area contributed by atoms with Gasteiger partial charge in [-0.3, -0.25) is 0 Å². The normalized spacial score (nSPS) is 10.5. The van der Waals surface area contributed by atoms with E-state index in [1.807, 2.05) is 26.0 Å². The largest absolute Gasteiger partial charge is 0.370 e. The lowest BCUT2D eigenvalue weighted by molar-refractivity contribution is 0.624. The molecule has 0 bridgehead atoms. The molecule has 5 heteroatoms. The molecule has 19 heavy (non-hydrogen) atoms. The number of hydrogen-bond acceptors (Lipinski definition) is 4. The Morgan fingerprint density at radius 1 is 1.26 bits per heavy atom. The van der Waals surface area contributed by atoms with Crippen molar-refractivity contribution in [1.29, 1.82) is 0 Å². The summed E-state index contributed by atoms with van der Waals surface area (Å²) in [6.45, 7) is 4.80. The van der Waals surface area contributed by atoms with E-state index in [0.717, 1.165) is 28.8 Å². The summed E-state index contributed by atoms with van der Waals surface area (Å²) in [7, 11) is 0. The summed E-state index contributed by atoms with van der Waals surface area (Å²) in [6, 6.07) is 8.47. The molecule has 0 aliphatic heterocycles. The molecule has 1 aromatic heterocycles. The highest BCUT2D eigenvalue weighted by Gasteiger charge is 2.03. The van der Waals surface area contributed by atoms with Crippen LogP contribution in [0.5, 0.6) is 0 Å². The predicted molar refractivity (Wildman–Crippen MR) is 76.9 cm³/mol. The van der Waals surface area contributed by atoms with Crippen LogP contribution >= 0.6 is 11.8 Å². The van der Waals surface area contributed by atoms with Gasteiger partial charge in [0.05, 0.1) is 5.75 Å². The lowest BCUT2D eigenvalue weighted by atomic mass is 10.4. The molecule has 3 nitrogen and oxygen atoms in total. The second-order valence-corrected chi connectivity index (χ2v) is 5.14. The van der Waals surface area contributed by atoms with Crippen LogP contribution in [0.15, 0.2) is 35.2 Å². The molecule has 0 aliphatic rings. The number of aromatic nitrogens is 2. The van der Waals surface area contributed by atoms with Gasteiger partial charge in [0.1, 0.15) is 17.5 Å². The van der Waals surface area contributed by atoms with Crippen molar-refractivity contribution in [1.82, 2.24) is 9.97 Å². The van der Waals surface area contributed by atoms with Crippen molar-refractivity contribution in [3.8, 4) is 0 Å². The Hall–Kier alpha value is -1.62. The average molecular weight is 277 g/mol. The van der Waals surface area contributed by atoms with Gasteiger partial charge in [-0.15, -0.1) is 11.8 Å². The van der Waals surface area contributed by atoms with E-state index in [2.05, 4.69) is 15.3 Å². The van der Waals surface area contributed by atoms with Gasteiger partial charge in [-0.2, -0.15) is 0 Å². The highest BCUT2D eigenvalue weighted by molar-refractivity contribution is 7.98. The van der Waals surface area contributed by atoms with E-state index in [1.54, 1.807) is 6.07 Å². The molecule has 0 fully saturated rings. The van der Waals surface area contributed by atoms with E-state index in [0.29, 0.717) is 5.75 Å². The number of thioether (sulfide) groups is 1. The van der Waals surface area contributed by atoms with Crippen molar-refractivity contribution in [2.75, 3.05) is 11.9 Å². The maximum absolute atomic E-state index is 13.1. The molecule has 1 aromatic carbocycles. The Balaban J connectivity index is 2.06. The molecule has 1 heterocycles. The van der Waals surface area contributed by atoms with E-state index in [1.165, 1.54) is 23.9 Å². The van der Waals surface area contributed by atoms with Crippen LogP contribution < -0.4 is 5.32 Å². The van der Waals surface area contributed by atoms with Crippen LogP contribution in [0.1, 0.15) is 18.4 Å². The summed E-state index contributed by atoms with van der Waals surface area (Å²) in [5.41, 5.74) is 0.931. The van der Waals surface area contributed by atoms with Crippen LogP contribution in [0.4, 0.5) is 10.2 Å². The molecular weight excluding hydrogens is 261 g/mol. The Kier molecular flexibility index (Phi) is 4.74. The Labute approximate surface area is 116 Å². The van der Waals surface area contributed by atoms with Gasteiger partial charge in [-0.25, -0.2) is 14.4 Å². The lowest BCUT2D eigenvalue weighted by Crippen LogP contribution is -2.04. The standard InChI is InChI=1S/C14H16FN3S/c1-3-16-13-7-10(2)17-14(18-13)9-19-12-6-4-5-11(15)8-12/h4-8H,3,9H2,1-2H3,(H,16,17,18). The minimum Gasteiger partial charge on any atom is -0.370 e. The molecule has 1 N–H and O–H groups in total. The summed E-state index contributed by atoms with van der Waals surface area (Å²) < 4.78 is 13.1. The van der Waals surface area contributed by atoms with E-state index in [-0.39, 0.29) is 5.82 Å². The first-order chi connectivity index (χ1) is 9.17. The molecule has 2 rings (SSSR count). The topological polar surface area (TPSA) is 37.8 Å². The van der Waals surface area contributed by atoms with Gasteiger partial charge < -0.3 is 5.32 Å². The molecule has 0 atom stereocenters. The number of benzene rings is 1. The van der Waals surface area contributed by atoms with Crippen LogP contribution in [0.25, 0.3) is 0 Å². The van der Waals surface area contributed by atoms with Gasteiger partial charge >= 0.3 is 0 Å². The summed E-state index contributed by atoms with van der Waals surface area (Å²) >= 11 is 1.53. The van der Waals surface area contributed by atoms with E-state index in [4.69, 9.17) is 0 Å². The molecule has 2 aromatic rings. The predicted octanol–water partition coefficient (Wildman–Crippen LogP) is 3.65. The smallest absolute Gasteiger partial charge is 0.141 e. The number of rotatable bonds is 5. The zero-order valence-corrected chi connectivity index (χ0v) is 11.8. The van der Waals surface area contributed by atoms with Crippen molar-refractivity contribution < 1.29 is 4.39 Å². The second-order valence-electron chi connectivity index (χ2n) is 4.09. The van der Waals surface area contributed by atoms with Crippen molar-refractivity contribution in [3.63, 3.8) is 0 Å². The zero-order chi connectivity index (χ0) is 13.7. The molecule has 0 aliphatic carbocycles. The highest BCUT2D eigenvalue weighted by Crippen LogP contribution is 2.22. The van der Waals surface area contributed by atoms with Crippen molar-refractivity contribution in [2.45, 2.75) is 24.5 Å². The average Bonchev–Trinajstić information content (AvgIpc) is 2.36. The zero-order valence-electron chi connectivity index (χ0n) is 11.0. The number of nitrogens with one attached hydrogen (secondary N) is 1. The molecule has 100 valence electrons. The lowest BCUT2D eigenvalue weighted by Gasteiger charge is -2.06. The van der Waals surface area contributed by atoms with Crippen molar-refractivity contribution in [2.24, 2.45) is 0 Å². The first-order valence-corrected chi connectivity index (χ1v) is 7.12. The van der Waals surface area contributed by atoms with E-state index >= 15 is 0 Å². The fraction of sp³-hybridized carbons (Fsp3) is 0.286.